The summed E-state index contributed by atoms with van der Waals surface area (Å²) in [4.78, 5) is 0. The van der Waals surface area contributed by atoms with Crippen LogP contribution in [0.5, 0.6) is 11.5 Å². The Hall–Kier alpha value is -0.870. The van der Waals surface area contributed by atoms with Crippen molar-refractivity contribution in [1.29, 1.82) is 0 Å². The van der Waals surface area contributed by atoms with Crippen LogP contribution < -0.4 is 14.8 Å². The minimum absolute atomic E-state index is 0.0589. The molecule has 4 atom stereocenters. The van der Waals surface area contributed by atoms with Gasteiger partial charge < -0.3 is 23.7 Å². The lowest BCUT2D eigenvalue weighted by atomic mass is 9.50. The van der Waals surface area contributed by atoms with Crippen LogP contribution in [0.4, 0.5) is 0 Å². The van der Waals surface area contributed by atoms with Crippen LogP contribution in [0.2, 0.25) is 0 Å². The van der Waals surface area contributed by atoms with Crippen molar-refractivity contribution in [2.24, 2.45) is 5.41 Å². The van der Waals surface area contributed by atoms with Crippen molar-refractivity contribution >= 4 is 13.2 Å². The normalized spacial score (nSPS) is 54.4. The molecule has 6 heteroatoms. The summed E-state index contributed by atoms with van der Waals surface area (Å²) in [5.74, 6) is 0.601. The van der Waals surface area contributed by atoms with Gasteiger partial charge in [-0.25, -0.2) is 0 Å². The predicted molar refractivity (Wildman–Crippen MR) is 85.4 cm³/mol. The van der Waals surface area contributed by atoms with E-state index in [0.717, 1.165) is 16.8 Å². The average Bonchev–Trinajstić information content (AvgIpc) is 2.44. The lowest BCUT2D eigenvalue weighted by Crippen LogP contribution is -3.09. The molecule has 4 aliphatic heterocycles. The highest BCUT2D eigenvalue weighted by atomic mass is 31.1. The summed E-state index contributed by atoms with van der Waals surface area (Å²) in [6.07, 6.45) is 0. The first-order valence-corrected chi connectivity index (χ1v) is 9.20. The summed E-state index contributed by atoms with van der Waals surface area (Å²) in [7, 11) is 2.65. The number of methoxy groups -OCH3 is 2. The number of hydrogen-bond acceptors (Lipinski definition) is 5. The highest BCUT2D eigenvalue weighted by molar-refractivity contribution is 7.70. The van der Waals surface area contributed by atoms with E-state index >= 15 is 0 Å². The maximum Gasteiger partial charge on any atom is 0.187 e. The first-order chi connectivity index (χ1) is 10.7. The van der Waals surface area contributed by atoms with E-state index in [1.165, 1.54) is 0 Å². The van der Waals surface area contributed by atoms with Gasteiger partial charge in [-0.05, 0) is 47.7 Å². The highest BCUT2D eigenvalue weighted by Gasteiger charge is 3.09. The van der Waals surface area contributed by atoms with E-state index in [1.54, 1.807) is 14.2 Å². The van der Waals surface area contributed by atoms with Gasteiger partial charge in [-0.2, -0.15) is 0 Å². The van der Waals surface area contributed by atoms with Gasteiger partial charge >= 0.3 is 0 Å². The molecule has 1 aromatic rings. The SMILES string of the molecule is COc1ccc(P2C3(C)OC4(C)OC5(C)OC2(C)C453)c(OC)c1. The lowest BCUT2D eigenvalue weighted by Gasteiger charge is -2.98. The fourth-order valence-corrected chi connectivity index (χ4v) is 10.8. The van der Waals surface area contributed by atoms with Crippen LogP contribution in [0.15, 0.2) is 18.2 Å². The van der Waals surface area contributed by atoms with Crippen LogP contribution in [-0.4, -0.2) is 36.5 Å². The lowest BCUT2D eigenvalue weighted by molar-refractivity contribution is -0.716. The van der Waals surface area contributed by atoms with Gasteiger partial charge in [-0.15, -0.1) is 0 Å². The topological polar surface area (TPSA) is 46.2 Å². The van der Waals surface area contributed by atoms with Crippen LogP contribution in [0.3, 0.4) is 0 Å². The number of benzene rings is 1. The number of rotatable bonds is 3. The van der Waals surface area contributed by atoms with Gasteiger partial charge in [0.2, 0.25) is 0 Å². The van der Waals surface area contributed by atoms with E-state index in [2.05, 4.69) is 19.9 Å². The largest absolute Gasteiger partial charge is 0.497 e. The summed E-state index contributed by atoms with van der Waals surface area (Å²) < 4.78 is 29.5. The molecule has 5 nitrogen and oxygen atoms in total. The van der Waals surface area contributed by atoms with Gasteiger partial charge in [-0.3, -0.25) is 0 Å². The summed E-state index contributed by atoms with van der Waals surface area (Å²) in [5, 5.41) is 0.688. The Labute approximate surface area is 136 Å². The monoisotopic (exact) mass is 336 g/mol. The van der Waals surface area contributed by atoms with Crippen molar-refractivity contribution in [1.82, 2.24) is 0 Å². The molecule has 0 amide bonds. The Bertz CT molecular complexity index is 718. The zero-order valence-corrected chi connectivity index (χ0v) is 15.1. The molecule has 0 N–H and O–H groups in total. The smallest absolute Gasteiger partial charge is 0.187 e. The maximum atomic E-state index is 6.30. The van der Waals surface area contributed by atoms with Crippen molar-refractivity contribution in [2.45, 2.75) is 50.0 Å². The molecule has 124 valence electrons. The van der Waals surface area contributed by atoms with Gasteiger partial charge in [0, 0.05) is 11.4 Å². The molecule has 0 aliphatic carbocycles. The average molecular weight is 336 g/mol. The third kappa shape index (κ3) is 1.04. The Morgan fingerprint density at radius 3 is 1.96 bits per heavy atom. The van der Waals surface area contributed by atoms with Crippen molar-refractivity contribution in [3.8, 4) is 11.5 Å². The molecule has 1 spiro atoms. The summed E-state index contributed by atoms with van der Waals surface area (Å²) in [6, 6.07) is 6.00. The number of ether oxygens (including phenoxy) is 5. The Morgan fingerprint density at radius 1 is 0.870 bits per heavy atom. The molecule has 4 fully saturated rings. The van der Waals surface area contributed by atoms with Gasteiger partial charge in [0.25, 0.3) is 0 Å². The molecule has 4 heterocycles. The summed E-state index contributed by atoms with van der Waals surface area (Å²) in [6.45, 7) is 8.48. The van der Waals surface area contributed by atoms with Crippen molar-refractivity contribution in [2.75, 3.05) is 14.2 Å². The van der Waals surface area contributed by atoms with Crippen molar-refractivity contribution in [3.05, 3.63) is 18.2 Å². The molecule has 4 aliphatic rings. The quantitative estimate of drug-likeness (QED) is 0.795. The number of hydrogen-bond donors (Lipinski definition) is 0. The fourth-order valence-electron chi connectivity index (χ4n) is 6.23. The molecule has 0 radical (unpaired) electrons. The van der Waals surface area contributed by atoms with E-state index in [9.17, 15) is 0 Å². The molecule has 5 rings (SSSR count). The van der Waals surface area contributed by atoms with Crippen LogP contribution in [0, 0.1) is 5.41 Å². The zero-order chi connectivity index (χ0) is 16.5. The second kappa shape index (κ2) is 3.55. The van der Waals surface area contributed by atoms with Crippen LogP contribution in [0.1, 0.15) is 27.7 Å². The zero-order valence-electron chi connectivity index (χ0n) is 14.2. The van der Waals surface area contributed by atoms with Crippen LogP contribution >= 0.6 is 7.92 Å². The van der Waals surface area contributed by atoms with Crippen molar-refractivity contribution < 1.29 is 23.7 Å². The van der Waals surface area contributed by atoms with E-state index in [1.807, 2.05) is 26.0 Å². The van der Waals surface area contributed by atoms with E-state index in [0.29, 0.717) is 0 Å². The molecule has 4 saturated heterocycles. The van der Waals surface area contributed by atoms with Gasteiger partial charge in [0.1, 0.15) is 27.6 Å². The van der Waals surface area contributed by atoms with E-state index < -0.39 is 19.5 Å². The molecule has 0 bridgehead atoms. The van der Waals surface area contributed by atoms with E-state index in [4.69, 9.17) is 23.7 Å². The summed E-state index contributed by atoms with van der Waals surface area (Å²) >= 11 is 0. The molecular formula is C17H21O5P. The third-order valence-corrected chi connectivity index (χ3v) is 9.82. The first-order valence-electron chi connectivity index (χ1n) is 7.86. The van der Waals surface area contributed by atoms with Gasteiger partial charge in [0.15, 0.2) is 11.6 Å². The predicted octanol–water partition coefficient (Wildman–Crippen LogP) is 2.77. The molecule has 4 unspecified atom stereocenters. The first kappa shape index (κ1) is 14.5. The minimum atomic E-state index is -0.703. The highest BCUT2D eigenvalue weighted by Crippen LogP contribution is 3.03. The standard InChI is InChI=1S/C17H21O5P/c1-13-17-14(2,20-13)22-16(17,4)23(15(17,3)21-13)12-8-7-10(18-5)9-11(12)19-6/h7-9H,1-6H3. The van der Waals surface area contributed by atoms with Crippen LogP contribution in [0.25, 0.3) is 0 Å². The summed E-state index contributed by atoms with van der Waals surface area (Å²) in [5.41, 5.74) is -0.0589. The van der Waals surface area contributed by atoms with Gasteiger partial charge in [0.05, 0.1) is 14.2 Å². The third-order valence-electron chi connectivity index (χ3n) is 6.41. The minimum Gasteiger partial charge on any atom is -0.497 e. The van der Waals surface area contributed by atoms with E-state index in [-0.39, 0.29) is 16.1 Å². The fraction of sp³-hybridized carbons (Fsp3) is 0.647. The molecule has 23 heavy (non-hydrogen) atoms. The molecule has 1 aromatic carbocycles. The van der Waals surface area contributed by atoms with Crippen LogP contribution in [-0.2, 0) is 14.2 Å². The Balaban J connectivity index is 1.63. The Morgan fingerprint density at radius 2 is 1.48 bits per heavy atom. The van der Waals surface area contributed by atoms with Crippen molar-refractivity contribution in [3.63, 3.8) is 0 Å². The molecular weight excluding hydrogens is 315 g/mol. The molecule has 0 saturated carbocycles. The Kier molecular flexibility index (Phi) is 2.23. The maximum absolute atomic E-state index is 6.30. The second-order valence-corrected chi connectivity index (χ2v) is 10.1. The molecule has 0 aromatic heterocycles. The van der Waals surface area contributed by atoms with Gasteiger partial charge in [-0.1, -0.05) is 0 Å². The second-order valence-electron chi connectivity index (χ2n) is 7.29.